The molecule has 1 aliphatic heterocycles. The van der Waals surface area contributed by atoms with E-state index < -0.39 is 6.10 Å². The number of piperidine rings is 1. The molecule has 1 aromatic rings. The lowest BCUT2D eigenvalue weighted by molar-refractivity contribution is 0.0860. The second kappa shape index (κ2) is 7.60. The highest BCUT2D eigenvalue weighted by molar-refractivity contribution is 5.14. The van der Waals surface area contributed by atoms with Gasteiger partial charge in [-0.2, -0.15) is 0 Å². The fourth-order valence-electron chi connectivity index (χ4n) is 2.57. The number of hydrogen-bond acceptors (Lipinski definition) is 4. The summed E-state index contributed by atoms with van der Waals surface area (Å²) < 4.78 is 0. The first-order chi connectivity index (χ1) is 9.28. The molecule has 1 saturated heterocycles. The molecule has 4 heteroatoms. The lowest BCUT2D eigenvalue weighted by atomic mass is 10.0. The van der Waals surface area contributed by atoms with Gasteiger partial charge < -0.3 is 15.5 Å². The molecular weight excluding hydrogens is 240 g/mol. The topological polar surface area (TPSA) is 55.7 Å². The summed E-state index contributed by atoms with van der Waals surface area (Å²) in [5.41, 5.74) is 1.35. The number of nitrogens with one attached hydrogen (secondary N) is 1. The van der Waals surface area contributed by atoms with E-state index in [9.17, 15) is 5.11 Å². The summed E-state index contributed by atoms with van der Waals surface area (Å²) in [6, 6.07) is 10.9. The van der Waals surface area contributed by atoms with Crippen molar-refractivity contribution in [3.63, 3.8) is 0 Å². The monoisotopic (exact) mass is 264 g/mol. The molecule has 2 rings (SSSR count). The normalized spacial score (nSPS) is 22.3. The number of aliphatic hydroxyl groups is 2. The van der Waals surface area contributed by atoms with Crippen molar-refractivity contribution < 1.29 is 10.2 Å². The van der Waals surface area contributed by atoms with Crippen LogP contribution >= 0.6 is 0 Å². The molecule has 0 amide bonds. The zero-order chi connectivity index (χ0) is 13.5. The Morgan fingerprint density at radius 3 is 2.84 bits per heavy atom. The maximum absolute atomic E-state index is 9.36. The van der Waals surface area contributed by atoms with Crippen molar-refractivity contribution in [3.8, 4) is 0 Å². The predicted octanol–water partition coefficient (Wildman–Crippen LogP) is 0.594. The molecule has 4 nitrogen and oxygen atoms in total. The zero-order valence-corrected chi connectivity index (χ0v) is 11.3. The first-order valence-electron chi connectivity index (χ1n) is 7.06. The molecule has 1 aliphatic rings. The van der Waals surface area contributed by atoms with E-state index in [-0.39, 0.29) is 6.61 Å². The van der Waals surface area contributed by atoms with Crippen molar-refractivity contribution in [2.45, 2.75) is 31.5 Å². The van der Waals surface area contributed by atoms with Gasteiger partial charge in [0.15, 0.2) is 0 Å². The van der Waals surface area contributed by atoms with Crippen molar-refractivity contribution in [1.82, 2.24) is 10.2 Å². The minimum Gasteiger partial charge on any atom is -0.394 e. The van der Waals surface area contributed by atoms with E-state index in [4.69, 9.17) is 5.11 Å². The molecule has 1 heterocycles. The number of likely N-dealkylation sites (tertiary alicyclic amines) is 1. The lowest BCUT2D eigenvalue weighted by Crippen LogP contribution is -2.47. The number of aliphatic hydroxyl groups excluding tert-OH is 2. The van der Waals surface area contributed by atoms with E-state index in [1.807, 2.05) is 6.07 Å². The molecule has 0 radical (unpaired) electrons. The molecular formula is C15H24N2O2. The number of rotatable bonds is 6. The SMILES string of the molecule is OCC(O)CNC1CCCN(Cc2ccccc2)C1. The Bertz CT molecular complexity index is 358. The Hall–Kier alpha value is -0.940. The van der Waals surface area contributed by atoms with E-state index in [1.165, 1.54) is 12.0 Å². The quantitative estimate of drug-likeness (QED) is 0.704. The van der Waals surface area contributed by atoms with Gasteiger partial charge in [-0.15, -0.1) is 0 Å². The van der Waals surface area contributed by atoms with Crippen LogP contribution in [-0.4, -0.2) is 53.5 Å². The van der Waals surface area contributed by atoms with Gasteiger partial charge in [-0.1, -0.05) is 30.3 Å². The van der Waals surface area contributed by atoms with E-state index in [1.54, 1.807) is 0 Å². The smallest absolute Gasteiger partial charge is 0.0895 e. The van der Waals surface area contributed by atoms with Crippen LogP contribution in [0.4, 0.5) is 0 Å². The molecule has 0 saturated carbocycles. The minimum atomic E-state index is -0.649. The Balaban J connectivity index is 1.77. The minimum absolute atomic E-state index is 0.173. The Morgan fingerprint density at radius 2 is 2.11 bits per heavy atom. The number of hydrogen-bond donors (Lipinski definition) is 3. The second-order valence-corrected chi connectivity index (χ2v) is 5.30. The van der Waals surface area contributed by atoms with Crippen molar-refractivity contribution in [2.24, 2.45) is 0 Å². The van der Waals surface area contributed by atoms with E-state index in [2.05, 4.69) is 34.5 Å². The third kappa shape index (κ3) is 4.91. The van der Waals surface area contributed by atoms with Gasteiger partial charge >= 0.3 is 0 Å². The van der Waals surface area contributed by atoms with Crippen LogP contribution in [0.2, 0.25) is 0 Å². The zero-order valence-electron chi connectivity index (χ0n) is 11.3. The van der Waals surface area contributed by atoms with Crippen LogP contribution in [0.15, 0.2) is 30.3 Å². The summed E-state index contributed by atoms with van der Waals surface area (Å²) in [5.74, 6) is 0. The Labute approximate surface area is 115 Å². The summed E-state index contributed by atoms with van der Waals surface area (Å²) in [6.45, 7) is 3.43. The standard InChI is InChI=1S/C15H24N2O2/c18-12-15(19)9-16-14-7-4-8-17(11-14)10-13-5-2-1-3-6-13/h1-3,5-6,14-16,18-19H,4,7-12H2. The van der Waals surface area contributed by atoms with Gasteiger partial charge in [-0.3, -0.25) is 4.90 Å². The summed E-state index contributed by atoms with van der Waals surface area (Å²) in [6.07, 6.45) is 1.67. The van der Waals surface area contributed by atoms with Crippen LogP contribution in [-0.2, 0) is 6.54 Å². The van der Waals surface area contributed by atoms with Crippen molar-refractivity contribution in [2.75, 3.05) is 26.2 Å². The third-order valence-corrected chi connectivity index (χ3v) is 3.61. The van der Waals surface area contributed by atoms with Crippen LogP contribution in [0.25, 0.3) is 0 Å². The van der Waals surface area contributed by atoms with Crippen molar-refractivity contribution >= 4 is 0 Å². The third-order valence-electron chi connectivity index (χ3n) is 3.61. The molecule has 0 spiro atoms. The molecule has 19 heavy (non-hydrogen) atoms. The average molecular weight is 264 g/mol. The van der Waals surface area contributed by atoms with Crippen LogP contribution in [0.1, 0.15) is 18.4 Å². The second-order valence-electron chi connectivity index (χ2n) is 5.30. The van der Waals surface area contributed by atoms with Gasteiger partial charge in [0.1, 0.15) is 0 Å². The molecule has 0 aromatic heterocycles. The van der Waals surface area contributed by atoms with Gasteiger partial charge in [0, 0.05) is 25.7 Å². The van der Waals surface area contributed by atoms with Gasteiger partial charge in [0.05, 0.1) is 12.7 Å². The Kier molecular flexibility index (Phi) is 5.79. The molecule has 0 bridgehead atoms. The van der Waals surface area contributed by atoms with Crippen LogP contribution < -0.4 is 5.32 Å². The first-order valence-corrected chi connectivity index (χ1v) is 7.06. The van der Waals surface area contributed by atoms with Gasteiger partial charge in [-0.05, 0) is 24.9 Å². The van der Waals surface area contributed by atoms with E-state index in [0.29, 0.717) is 12.6 Å². The highest BCUT2D eigenvalue weighted by Gasteiger charge is 2.20. The van der Waals surface area contributed by atoms with Crippen molar-refractivity contribution in [3.05, 3.63) is 35.9 Å². The summed E-state index contributed by atoms with van der Waals surface area (Å²) in [4.78, 5) is 2.45. The van der Waals surface area contributed by atoms with E-state index >= 15 is 0 Å². The largest absolute Gasteiger partial charge is 0.394 e. The van der Waals surface area contributed by atoms with Crippen molar-refractivity contribution in [1.29, 1.82) is 0 Å². The van der Waals surface area contributed by atoms with Crippen LogP contribution in [0.3, 0.4) is 0 Å². The molecule has 2 atom stereocenters. The fraction of sp³-hybridized carbons (Fsp3) is 0.600. The highest BCUT2D eigenvalue weighted by atomic mass is 16.3. The molecule has 106 valence electrons. The molecule has 0 aliphatic carbocycles. The summed E-state index contributed by atoms with van der Waals surface area (Å²) in [7, 11) is 0. The molecule has 3 N–H and O–H groups in total. The lowest BCUT2D eigenvalue weighted by Gasteiger charge is -2.33. The first kappa shape index (κ1) is 14.5. The maximum atomic E-state index is 9.36. The maximum Gasteiger partial charge on any atom is 0.0895 e. The Morgan fingerprint density at radius 1 is 1.32 bits per heavy atom. The predicted molar refractivity (Wildman–Crippen MR) is 75.8 cm³/mol. The highest BCUT2D eigenvalue weighted by Crippen LogP contribution is 2.13. The number of nitrogens with zero attached hydrogens (tertiary/aromatic N) is 1. The van der Waals surface area contributed by atoms with E-state index in [0.717, 1.165) is 26.1 Å². The van der Waals surface area contributed by atoms with Gasteiger partial charge in [-0.25, -0.2) is 0 Å². The number of benzene rings is 1. The van der Waals surface area contributed by atoms with Crippen LogP contribution in [0.5, 0.6) is 0 Å². The molecule has 1 fully saturated rings. The average Bonchev–Trinajstić information content (AvgIpc) is 2.46. The fourth-order valence-corrected chi connectivity index (χ4v) is 2.57. The molecule has 2 unspecified atom stereocenters. The van der Waals surface area contributed by atoms with Crippen LogP contribution in [0, 0.1) is 0 Å². The summed E-state index contributed by atoms with van der Waals surface area (Å²) in [5, 5.41) is 21.5. The summed E-state index contributed by atoms with van der Waals surface area (Å²) >= 11 is 0. The van der Waals surface area contributed by atoms with Gasteiger partial charge in [0.25, 0.3) is 0 Å². The van der Waals surface area contributed by atoms with Gasteiger partial charge in [0.2, 0.25) is 0 Å². The molecule has 1 aromatic carbocycles.